The maximum atomic E-state index is 13.4. The fourth-order valence-electron chi connectivity index (χ4n) is 3.96. The Bertz CT molecular complexity index is 1200. The van der Waals surface area contributed by atoms with Gasteiger partial charge in [0, 0.05) is 56.0 Å². The number of fused-ring (bicyclic) bond motifs is 1. The van der Waals surface area contributed by atoms with Gasteiger partial charge in [-0.15, -0.1) is 0 Å². The number of hydrogen-bond acceptors (Lipinski definition) is 4. The van der Waals surface area contributed by atoms with Crippen molar-refractivity contribution >= 4 is 40.1 Å². The van der Waals surface area contributed by atoms with Gasteiger partial charge >= 0.3 is 6.18 Å². The predicted molar refractivity (Wildman–Crippen MR) is 118 cm³/mol. The highest BCUT2D eigenvalue weighted by molar-refractivity contribution is 6.31. The molecule has 3 heterocycles. The van der Waals surface area contributed by atoms with Crippen LogP contribution in [0.5, 0.6) is 0 Å². The molecule has 4 rings (SSSR count). The third kappa shape index (κ3) is 4.61. The molecule has 3 aromatic rings. The van der Waals surface area contributed by atoms with Crippen molar-refractivity contribution in [3.05, 3.63) is 58.9 Å². The lowest BCUT2D eigenvalue weighted by Gasteiger charge is -2.36. The average molecular weight is 480 g/mol. The number of piperazine rings is 1. The van der Waals surface area contributed by atoms with E-state index in [1.54, 1.807) is 38.8 Å². The van der Waals surface area contributed by atoms with Crippen LogP contribution in [0.2, 0.25) is 5.02 Å². The summed E-state index contributed by atoms with van der Waals surface area (Å²) in [7, 11) is 1.53. The number of hydrogen-bond donors (Lipinski definition) is 1. The highest BCUT2D eigenvalue weighted by Gasteiger charge is 2.36. The number of benzene rings is 1. The first-order chi connectivity index (χ1) is 15.7. The SMILES string of the molecule is CNC(=O)Cn1cc(C(=O)N2CCN(c3ncccc3C(F)(F)F)CC2)c2ccc(Cl)cc21. The van der Waals surface area contributed by atoms with Crippen LogP contribution in [0.3, 0.4) is 0 Å². The molecule has 174 valence electrons. The van der Waals surface area contributed by atoms with E-state index in [0.717, 1.165) is 6.07 Å². The summed E-state index contributed by atoms with van der Waals surface area (Å²) < 4.78 is 41.7. The van der Waals surface area contributed by atoms with E-state index >= 15 is 0 Å². The van der Waals surface area contributed by atoms with E-state index in [0.29, 0.717) is 21.5 Å². The second-order valence-electron chi connectivity index (χ2n) is 7.66. The van der Waals surface area contributed by atoms with Crippen molar-refractivity contribution in [2.75, 3.05) is 38.1 Å². The highest BCUT2D eigenvalue weighted by Crippen LogP contribution is 2.35. The third-order valence-electron chi connectivity index (χ3n) is 5.63. The number of amides is 2. The topological polar surface area (TPSA) is 70.5 Å². The van der Waals surface area contributed by atoms with E-state index in [2.05, 4.69) is 10.3 Å². The van der Waals surface area contributed by atoms with Crippen LogP contribution in [0.1, 0.15) is 15.9 Å². The van der Waals surface area contributed by atoms with Crippen molar-refractivity contribution < 1.29 is 22.8 Å². The molecule has 33 heavy (non-hydrogen) atoms. The lowest BCUT2D eigenvalue weighted by atomic mass is 10.1. The molecular formula is C22H21ClF3N5O2. The molecule has 0 spiro atoms. The molecule has 2 aromatic heterocycles. The van der Waals surface area contributed by atoms with Gasteiger partial charge in [-0.3, -0.25) is 9.59 Å². The second kappa shape index (κ2) is 8.93. The van der Waals surface area contributed by atoms with Crippen molar-refractivity contribution in [2.24, 2.45) is 0 Å². The molecule has 11 heteroatoms. The number of halogens is 4. The summed E-state index contributed by atoms with van der Waals surface area (Å²) in [6.07, 6.45) is -1.57. The van der Waals surface area contributed by atoms with Crippen LogP contribution >= 0.6 is 11.6 Å². The molecule has 1 aliphatic heterocycles. The molecule has 1 aliphatic rings. The van der Waals surface area contributed by atoms with Gasteiger partial charge in [0.15, 0.2) is 0 Å². The Morgan fingerprint density at radius 1 is 1.15 bits per heavy atom. The Labute approximate surface area is 192 Å². The minimum Gasteiger partial charge on any atom is -0.358 e. The first-order valence-corrected chi connectivity index (χ1v) is 10.6. The van der Waals surface area contributed by atoms with E-state index in [9.17, 15) is 22.8 Å². The number of nitrogens with zero attached hydrogens (tertiary/aromatic N) is 4. The molecular weight excluding hydrogens is 459 g/mol. The van der Waals surface area contributed by atoms with Crippen molar-refractivity contribution in [1.29, 1.82) is 0 Å². The quantitative estimate of drug-likeness (QED) is 0.622. The van der Waals surface area contributed by atoms with Crippen LogP contribution in [0.15, 0.2) is 42.7 Å². The van der Waals surface area contributed by atoms with Gasteiger partial charge in [-0.1, -0.05) is 17.7 Å². The standard InChI is InChI=1S/C22H21ClF3N5O2/c1-27-19(32)13-31-12-16(15-5-4-14(23)11-18(15)31)21(33)30-9-7-29(8-10-30)20-17(22(24,25)26)3-2-6-28-20/h2-6,11-12H,7-10,13H2,1H3,(H,27,32). The number of pyridine rings is 1. The zero-order valence-corrected chi connectivity index (χ0v) is 18.5. The summed E-state index contributed by atoms with van der Waals surface area (Å²) in [4.78, 5) is 32.3. The fourth-order valence-corrected chi connectivity index (χ4v) is 4.13. The predicted octanol–water partition coefficient (Wildman–Crippen LogP) is 3.42. The molecule has 0 atom stereocenters. The van der Waals surface area contributed by atoms with Gasteiger partial charge in [-0.25, -0.2) is 4.98 Å². The molecule has 1 aromatic carbocycles. The van der Waals surface area contributed by atoms with Crippen LogP contribution < -0.4 is 10.2 Å². The number of anilines is 1. The summed E-state index contributed by atoms with van der Waals surface area (Å²) in [5, 5.41) is 3.68. The number of rotatable bonds is 4. The zero-order valence-electron chi connectivity index (χ0n) is 17.7. The Balaban J connectivity index is 1.56. The van der Waals surface area contributed by atoms with Crippen molar-refractivity contribution in [3.63, 3.8) is 0 Å². The van der Waals surface area contributed by atoms with Gasteiger partial charge in [0.25, 0.3) is 5.91 Å². The maximum Gasteiger partial charge on any atom is 0.419 e. The van der Waals surface area contributed by atoms with Gasteiger partial charge in [0.1, 0.15) is 12.4 Å². The smallest absolute Gasteiger partial charge is 0.358 e. The summed E-state index contributed by atoms with van der Waals surface area (Å²) >= 11 is 6.12. The molecule has 2 amide bonds. The normalized spacial score (nSPS) is 14.6. The molecule has 0 saturated carbocycles. The molecule has 0 aliphatic carbocycles. The zero-order chi connectivity index (χ0) is 23.8. The van der Waals surface area contributed by atoms with Gasteiger partial charge < -0.3 is 19.7 Å². The second-order valence-corrected chi connectivity index (χ2v) is 8.09. The minimum absolute atomic E-state index is 0.0221. The Kier molecular flexibility index (Phi) is 6.20. The van der Waals surface area contributed by atoms with Crippen molar-refractivity contribution in [1.82, 2.24) is 19.8 Å². The van der Waals surface area contributed by atoms with Gasteiger partial charge in [-0.2, -0.15) is 13.2 Å². The first-order valence-electron chi connectivity index (χ1n) is 10.2. The molecule has 0 radical (unpaired) electrons. The minimum atomic E-state index is -4.51. The third-order valence-corrected chi connectivity index (χ3v) is 5.86. The summed E-state index contributed by atoms with van der Waals surface area (Å²) in [5.74, 6) is -0.612. The van der Waals surface area contributed by atoms with Crippen LogP contribution in [-0.2, 0) is 17.5 Å². The van der Waals surface area contributed by atoms with Crippen LogP contribution in [0.25, 0.3) is 10.9 Å². The van der Waals surface area contributed by atoms with E-state index in [1.807, 2.05) is 0 Å². The molecule has 1 saturated heterocycles. The van der Waals surface area contributed by atoms with Gasteiger partial charge in [-0.05, 0) is 24.3 Å². The lowest BCUT2D eigenvalue weighted by Crippen LogP contribution is -2.49. The van der Waals surface area contributed by atoms with E-state index in [-0.39, 0.29) is 50.4 Å². The van der Waals surface area contributed by atoms with Crippen molar-refractivity contribution in [2.45, 2.75) is 12.7 Å². The molecule has 0 unspecified atom stereocenters. The van der Waals surface area contributed by atoms with Gasteiger partial charge in [0.05, 0.1) is 16.6 Å². The monoisotopic (exact) mass is 479 g/mol. The number of carbonyl (C=O) groups is 2. The highest BCUT2D eigenvalue weighted by atomic mass is 35.5. The number of aromatic nitrogens is 2. The first kappa shape index (κ1) is 22.9. The molecule has 0 bridgehead atoms. The van der Waals surface area contributed by atoms with E-state index in [1.165, 1.54) is 19.3 Å². The van der Waals surface area contributed by atoms with E-state index < -0.39 is 11.7 Å². The number of carbonyl (C=O) groups excluding carboxylic acids is 2. The number of likely N-dealkylation sites (N-methyl/N-ethyl adjacent to an activating group) is 1. The van der Waals surface area contributed by atoms with Gasteiger partial charge in [0.2, 0.25) is 5.91 Å². The van der Waals surface area contributed by atoms with Crippen LogP contribution in [-0.4, -0.2) is 59.5 Å². The number of alkyl halides is 3. The number of nitrogens with one attached hydrogen (secondary N) is 1. The average Bonchev–Trinajstić information content (AvgIpc) is 3.15. The summed E-state index contributed by atoms with van der Waals surface area (Å²) in [6.45, 7) is 0.933. The summed E-state index contributed by atoms with van der Waals surface area (Å²) in [5.41, 5.74) is 0.267. The largest absolute Gasteiger partial charge is 0.419 e. The van der Waals surface area contributed by atoms with Crippen LogP contribution in [0.4, 0.5) is 19.0 Å². The van der Waals surface area contributed by atoms with Crippen molar-refractivity contribution in [3.8, 4) is 0 Å². The molecule has 7 nitrogen and oxygen atoms in total. The fraction of sp³-hybridized carbons (Fsp3) is 0.318. The summed E-state index contributed by atoms with van der Waals surface area (Å²) in [6, 6.07) is 7.35. The Hall–Kier alpha value is -3.27. The molecule has 1 fully saturated rings. The van der Waals surface area contributed by atoms with Crippen LogP contribution in [0, 0.1) is 0 Å². The molecule has 1 N–H and O–H groups in total. The van der Waals surface area contributed by atoms with E-state index in [4.69, 9.17) is 11.6 Å². The maximum absolute atomic E-state index is 13.4. The Morgan fingerprint density at radius 2 is 1.88 bits per heavy atom. The Morgan fingerprint density at radius 3 is 2.55 bits per heavy atom. The lowest BCUT2D eigenvalue weighted by molar-refractivity contribution is -0.137.